The molecule has 3 rings (SSSR count). The zero-order chi connectivity index (χ0) is 20.3. The third-order valence-corrected chi connectivity index (χ3v) is 3.81. The van der Waals surface area contributed by atoms with Crippen LogP contribution in [0.2, 0.25) is 0 Å². The van der Waals surface area contributed by atoms with E-state index in [4.69, 9.17) is 4.74 Å². The van der Waals surface area contributed by atoms with E-state index in [1.807, 2.05) is 6.92 Å². The van der Waals surface area contributed by atoms with Crippen molar-refractivity contribution in [3.63, 3.8) is 0 Å². The van der Waals surface area contributed by atoms with Crippen molar-refractivity contribution < 1.29 is 18.3 Å². The monoisotopic (exact) mass is 387 g/mol. The lowest BCUT2D eigenvalue weighted by Gasteiger charge is -2.09. The number of H-pyrrole nitrogens is 1. The third kappa shape index (κ3) is 3.83. The summed E-state index contributed by atoms with van der Waals surface area (Å²) in [5.41, 5.74) is -2.15. The Morgan fingerprint density at radius 3 is 2.50 bits per heavy atom. The molecule has 0 saturated carbocycles. The van der Waals surface area contributed by atoms with Gasteiger partial charge in [-0.25, -0.2) is 18.1 Å². The second kappa shape index (κ2) is 7.87. The molecule has 9 heteroatoms. The van der Waals surface area contributed by atoms with Crippen LogP contribution < -0.4 is 21.3 Å². The van der Waals surface area contributed by atoms with E-state index in [-0.39, 0.29) is 11.4 Å². The maximum Gasteiger partial charge on any atom is 0.333 e. The number of ether oxygens (including phenoxy) is 1. The van der Waals surface area contributed by atoms with Gasteiger partial charge in [0.05, 0.1) is 18.0 Å². The van der Waals surface area contributed by atoms with Gasteiger partial charge in [-0.05, 0) is 43.3 Å². The molecule has 2 N–H and O–H groups in total. The Morgan fingerprint density at radius 1 is 1.14 bits per heavy atom. The van der Waals surface area contributed by atoms with Crippen molar-refractivity contribution in [2.45, 2.75) is 6.92 Å². The van der Waals surface area contributed by atoms with E-state index in [2.05, 4.69) is 10.3 Å². The van der Waals surface area contributed by atoms with Crippen LogP contribution in [0.15, 0.2) is 58.3 Å². The van der Waals surface area contributed by atoms with Gasteiger partial charge in [-0.1, -0.05) is 0 Å². The van der Waals surface area contributed by atoms with Crippen LogP contribution in [-0.4, -0.2) is 22.1 Å². The second-order valence-corrected chi connectivity index (χ2v) is 5.65. The number of hydrogen-bond acceptors (Lipinski definition) is 4. The standard InChI is InChI=1S/C19H15F2N3O4/c1-2-28-13-6-4-12(5-7-13)24-18(26)14(10-22-19(24)27)17(25)23-16-8-3-11(20)9-15(16)21/h3-10H,2H2,1H3,(H,22,27)(H,23,25). The van der Waals surface area contributed by atoms with Gasteiger partial charge in [-0.2, -0.15) is 0 Å². The number of aromatic amines is 1. The highest BCUT2D eigenvalue weighted by Gasteiger charge is 2.17. The van der Waals surface area contributed by atoms with Gasteiger partial charge in [0.1, 0.15) is 22.9 Å². The highest BCUT2D eigenvalue weighted by molar-refractivity contribution is 6.03. The molecule has 0 saturated heterocycles. The molecule has 7 nitrogen and oxygen atoms in total. The number of amides is 1. The van der Waals surface area contributed by atoms with Crippen molar-refractivity contribution in [2.75, 3.05) is 11.9 Å². The van der Waals surface area contributed by atoms with E-state index < -0.39 is 34.4 Å². The van der Waals surface area contributed by atoms with Crippen molar-refractivity contribution in [1.82, 2.24) is 9.55 Å². The topological polar surface area (TPSA) is 93.2 Å². The SMILES string of the molecule is CCOc1ccc(-n2c(=O)[nH]cc(C(=O)Nc3ccc(F)cc3F)c2=O)cc1. The lowest BCUT2D eigenvalue weighted by molar-refractivity contribution is 0.102. The van der Waals surface area contributed by atoms with Crippen molar-refractivity contribution in [3.8, 4) is 11.4 Å². The molecule has 1 heterocycles. The van der Waals surface area contributed by atoms with Crippen molar-refractivity contribution in [2.24, 2.45) is 0 Å². The van der Waals surface area contributed by atoms with E-state index >= 15 is 0 Å². The average Bonchev–Trinajstić information content (AvgIpc) is 2.65. The van der Waals surface area contributed by atoms with Crippen LogP contribution in [0.4, 0.5) is 14.5 Å². The molecule has 0 radical (unpaired) electrons. The Balaban J connectivity index is 1.97. The van der Waals surface area contributed by atoms with Crippen LogP contribution >= 0.6 is 0 Å². The minimum Gasteiger partial charge on any atom is -0.494 e. The number of nitrogens with one attached hydrogen (secondary N) is 2. The predicted octanol–water partition coefficient (Wildman–Crippen LogP) is 2.46. The normalized spacial score (nSPS) is 10.5. The Hall–Kier alpha value is -3.75. The zero-order valence-electron chi connectivity index (χ0n) is 14.7. The van der Waals surface area contributed by atoms with Gasteiger partial charge in [-0.15, -0.1) is 0 Å². The molecular formula is C19H15F2N3O4. The van der Waals surface area contributed by atoms with E-state index in [9.17, 15) is 23.2 Å². The molecule has 2 aromatic carbocycles. The molecule has 0 aliphatic rings. The molecule has 0 fully saturated rings. The summed E-state index contributed by atoms with van der Waals surface area (Å²) < 4.78 is 32.8. The maximum absolute atomic E-state index is 13.7. The van der Waals surface area contributed by atoms with E-state index in [1.54, 1.807) is 12.1 Å². The first-order valence-electron chi connectivity index (χ1n) is 8.25. The fourth-order valence-electron chi connectivity index (χ4n) is 2.51. The second-order valence-electron chi connectivity index (χ2n) is 5.65. The number of hydrogen-bond donors (Lipinski definition) is 2. The first-order valence-corrected chi connectivity index (χ1v) is 8.25. The number of carbonyl (C=O) groups excluding carboxylic acids is 1. The van der Waals surface area contributed by atoms with Crippen LogP contribution in [0.5, 0.6) is 5.75 Å². The maximum atomic E-state index is 13.7. The lowest BCUT2D eigenvalue weighted by atomic mass is 10.2. The Kier molecular flexibility index (Phi) is 5.35. The van der Waals surface area contributed by atoms with Crippen LogP contribution in [-0.2, 0) is 0 Å². The van der Waals surface area contributed by atoms with Crippen molar-refractivity contribution in [3.05, 3.63) is 86.7 Å². The van der Waals surface area contributed by atoms with E-state index in [0.29, 0.717) is 18.4 Å². The molecule has 28 heavy (non-hydrogen) atoms. The zero-order valence-corrected chi connectivity index (χ0v) is 14.7. The van der Waals surface area contributed by atoms with Gasteiger partial charge in [0.2, 0.25) is 0 Å². The number of anilines is 1. The average molecular weight is 387 g/mol. The summed E-state index contributed by atoms with van der Waals surface area (Å²) in [5, 5.41) is 2.18. The van der Waals surface area contributed by atoms with Gasteiger partial charge in [0.15, 0.2) is 0 Å². The van der Waals surface area contributed by atoms with Crippen molar-refractivity contribution in [1.29, 1.82) is 0 Å². The number of halogens is 2. The van der Waals surface area contributed by atoms with Crippen LogP contribution in [0.1, 0.15) is 17.3 Å². The molecule has 1 amide bonds. The number of nitrogens with zero attached hydrogens (tertiary/aromatic N) is 1. The first-order chi connectivity index (χ1) is 13.4. The molecule has 0 unspecified atom stereocenters. The smallest absolute Gasteiger partial charge is 0.333 e. The Bertz CT molecular complexity index is 1140. The molecule has 0 bridgehead atoms. The molecule has 0 aliphatic carbocycles. The van der Waals surface area contributed by atoms with Gasteiger partial charge in [-0.3, -0.25) is 9.59 Å². The summed E-state index contributed by atoms with van der Waals surface area (Å²) >= 11 is 0. The molecule has 3 aromatic rings. The minimum atomic E-state index is -0.996. The van der Waals surface area contributed by atoms with Gasteiger partial charge < -0.3 is 15.0 Å². The number of benzene rings is 2. The van der Waals surface area contributed by atoms with E-state index in [0.717, 1.165) is 22.9 Å². The summed E-state index contributed by atoms with van der Waals surface area (Å²) in [4.78, 5) is 39.5. The Labute approximate surface area is 157 Å². The largest absolute Gasteiger partial charge is 0.494 e. The fourth-order valence-corrected chi connectivity index (χ4v) is 2.51. The van der Waals surface area contributed by atoms with Gasteiger partial charge in [0.25, 0.3) is 11.5 Å². The molecule has 144 valence electrons. The highest BCUT2D eigenvalue weighted by Crippen LogP contribution is 2.16. The number of rotatable bonds is 5. The Morgan fingerprint density at radius 2 is 1.86 bits per heavy atom. The first kappa shape index (κ1) is 19.0. The van der Waals surface area contributed by atoms with Crippen LogP contribution in [0.3, 0.4) is 0 Å². The molecule has 1 aromatic heterocycles. The molecule has 0 aliphatic heterocycles. The summed E-state index contributed by atoms with van der Waals surface area (Å²) in [6, 6.07) is 8.71. The fraction of sp³-hybridized carbons (Fsp3) is 0.105. The predicted molar refractivity (Wildman–Crippen MR) is 98.1 cm³/mol. The van der Waals surface area contributed by atoms with Gasteiger partial charge >= 0.3 is 5.69 Å². The third-order valence-electron chi connectivity index (χ3n) is 3.81. The summed E-state index contributed by atoms with van der Waals surface area (Å²) in [6.07, 6.45) is 0.937. The quantitative estimate of drug-likeness (QED) is 0.703. The van der Waals surface area contributed by atoms with E-state index in [1.165, 1.54) is 12.1 Å². The lowest BCUT2D eigenvalue weighted by Crippen LogP contribution is -2.38. The molecular weight excluding hydrogens is 372 g/mol. The van der Waals surface area contributed by atoms with Crippen LogP contribution in [0.25, 0.3) is 5.69 Å². The highest BCUT2D eigenvalue weighted by atomic mass is 19.1. The minimum absolute atomic E-state index is 0.220. The van der Waals surface area contributed by atoms with Crippen molar-refractivity contribution >= 4 is 11.6 Å². The summed E-state index contributed by atoms with van der Waals surface area (Å²) in [6.45, 7) is 2.27. The summed E-state index contributed by atoms with van der Waals surface area (Å²) in [5.74, 6) is -2.20. The van der Waals surface area contributed by atoms with Crippen LogP contribution in [0, 0.1) is 11.6 Å². The molecule has 0 spiro atoms. The number of aromatic nitrogens is 2. The summed E-state index contributed by atoms with van der Waals surface area (Å²) in [7, 11) is 0. The van der Waals surface area contributed by atoms with Gasteiger partial charge in [0, 0.05) is 12.3 Å². The molecule has 0 atom stereocenters. The number of carbonyl (C=O) groups is 1.